The second-order valence-electron chi connectivity index (χ2n) is 4.81. The Hall–Kier alpha value is -2.04. The minimum atomic E-state index is -4.20. The maximum absolute atomic E-state index is 12.8. The molecule has 0 amide bonds. The number of sulfonamides is 1. The van der Waals surface area contributed by atoms with Gasteiger partial charge < -0.3 is 10.1 Å². The minimum absolute atomic E-state index is 0.0257. The molecule has 1 saturated heterocycles. The molecule has 0 bridgehead atoms. The maximum Gasteiger partial charge on any atom is 0.325 e. The highest BCUT2D eigenvalue weighted by Gasteiger charge is 2.41. The Kier molecular flexibility index (Phi) is 5.29. The van der Waals surface area contributed by atoms with Crippen LogP contribution in [0.5, 0.6) is 0 Å². The second-order valence-corrected chi connectivity index (χ2v) is 6.67. The molecule has 1 N–H and O–H groups in total. The molecule has 1 aromatic carbocycles. The van der Waals surface area contributed by atoms with E-state index in [9.17, 15) is 23.3 Å². The molecule has 0 aliphatic carbocycles. The van der Waals surface area contributed by atoms with E-state index in [0.717, 1.165) is 16.4 Å². The molecule has 1 aromatic rings. The average Bonchev–Trinajstić information content (AvgIpc) is 2.55. The Balaban J connectivity index is 2.44. The van der Waals surface area contributed by atoms with Crippen LogP contribution in [-0.2, 0) is 19.6 Å². The number of para-hydroxylation sites is 1. The van der Waals surface area contributed by atoms with Crippen molar-refractivity contribution in [1.82, 2.24) is 9.62 Å². The van der Waals surface area contributed by atoms with Crippen molar-refractivity contribution in [2.45, 2.75) is 17.9 Å². The zero-order valence-corrected chi connectivity index (χ0v) is 13.3. The van der Waals surface area contributed by atoms with Gasteiger partial charge >= 0.3 is 5.97 Å². The molecule has 0 saturated carbocycles. The second kappa shape index (κ2) is 7.02. The predicted octanol–water partition coefficient (Wildman–Crippen LogP) is 0.120. The van der Waals surface area contributed by atoms with Gasteiger partial charge in [0.2, 0.25) is 0 Å². The highest BCUT2D eigenvalue weighted by atomic mass is 32.2. The largest absolute Gasteiger partial charge is 0.465 e. The molecule has 2 rings (SSSR count). The van der Waals surface area contributed by atoms with Gasteiger partial charge in [0, 0.05) is 25.7 Å². The fourth-order valence-corrected chi connectivity index (χ4v) is 4.10. The number of benzene rings is 1. The number of rotatable bonds is 5. The number of carbonyl (C=O) groups excluding carboxylic acids is 1. The van der Waals surface area contributed by atoms with E-state index < -0.39 is 37.5 Å². The van der Waals surface area contributed by atoms with Crippen molar-refractivity contribution >= 4 is 21.7 Å². The summed E-state index contributed by atoms with van der Waals surface area (Å²) in [5, 5.41) is 14.0. The summed E-state index contributed by atoms with van der Waals surface area (Å²) in [5.74, 6) is -0.679. The number of nitrogens with one attached hydrogen (secondary N) is 1. The Labute approximate surface area is 133 Å². The van der Waals surface area contributed by atoms with E-state index in [1.54, 1.807) is 6.92 Å². The lowest BCUT2D eigenvalue weighted by Crippen LogP contribution is -2.57. The van der Waals surface area contributed by atoms with Crippen molar-refractivity contribution < 1.29 is 22.9 Å². The molecule has 0 radical (unpaired) electrons. The SMILES string of the molecule is CCOC(=O)C1CNCCN1S(=O)(=O)c1ccccc1[N+](=O)[O-]. The zero-order chi connectivity index (χ0) is 17.0. The monoisotopic (exact) mass is 343 g/mol. The van der Waals surface area contributed by atoms with E-state index in [-0.39, 0.29) is 19.7 Å². The van der Waals surface area contributed by atoms with Crippen LogP contribution in [0.4, 0.5) is 5.69 Å². The first-order valence-electron chi connectivity index (χ1n) is 7.02. The van der Waals surface area contributed by atoms with Crippen LogP contribution in [0, 0.1) is 10.1 Å². The third kappa shape index (κ3) is 3.49. The van der Waals surface area contributed by atoms with Crippen LogP contribution in [0.25, 0.3) is 0 Å². The van der Waals surface area contributed by atoms with Crippen molar-refractivity contribution in [3.8, 4) is 0 Å². The van der Waals surface area contributed by atoms with Crippen molar-refractivity contribution in [3.63, 3.8) is 0 Å². The molecule has 1 fully saturated rings. The Morgan fingerprint density at radius 2 is 2.17 bits per heavy atom. The fraction of sp³-hybridized carbons (Fsp3) is 0.462. The highest BCUT2D eigenvalue weighted by Crippen LogP contribution is 2.28. The van der Waals surface area contributed by atoms with Gasteiger partial charge in [-0.2, -0.15) is 4.31 Å². The molecule has 10 heteroatoms. The normalized spacial score (nSPS) is 19.3. The van der Waals surface area contributed by atoms with Gasteiger partial charge in [0.05, 0.1) is 11.5 Å². The fourth-order valence-electron chi connectivity index (χ4n) is 2.37. The molecule has 1 aliphatic rings. The highest BCUT2D eigenvalue weighted by molar-refractivity contribution is 7.89. The molecule has 9 nitrogen and oxygen atoms in total. The summed E-state index contributed by atoms with van der Waals surface area (Å²) in [4.78, 5) is 21.9. The quantitative estimate of drug-likeness (QED) is 0.458. The lowest BCUT2D eigenvalue weighted by molar-refractivity contribution is -0.387. The number of ether oxygens (including phenoxy) is 1. The van der Waals surface area contributed by atoms with E-state index in [1.165, 1.54) is 12.1 Å². The number of piperazine rings is 1. The van der Waals surface area contributed by atoms with E-state index in [0.29, 0.717) is 6.54 Å². The maximum atomic E-state index is 12.8. The number of nitro groups is 1. The molecule has 1 heterocycles. The molecule has 1 aliphatic heterocycles. The van der Waals surface area contributed by atoms with Crippen molar-refractivity contribution in [2.75, 3.05) is 26.2 Å². The molecule has 0 aromatic heterocycles. The third-order valence-corrected chi connectivity index (χ3v) is 5.36. The number of hydrogen-bond donors (Lipinski definition) is 1. The molecule has 126 valence electrons. The summed E-state index contributed by atoms with van der Waals surface area (Å²) in [7, 11) is -4.20. The standard InChI is InChI=1S/C13H17N3O6S/c1-2-22-13(17)11-9-14-7-8-15(11)23(20,21)12-6-4-3-5-10(12)16(18)19/h3-6,11,14H,2,7-9H2,1H3. The number of nitrogens with zero attached hydrogens (tertiary/aromatic N) is 2. The van der Waals surface area contributed by atoms with Gasteiger partial charge in [0.25, 0.3) is 15.7 Å². The van der Waals surface area contributed by atoms with Crippen LogP contribution in [0.1, 0.15) is 6.92 Å². The summed E-state index contributed by atoms with van der Waals surface area (Å²) in [5.41, 5.74) is -0.520. The summed E-state index contributed by atoms with van der Waals surface area (Å²) < 4.78 is 31.5. The van der Waals surface area contributed by atoms with Crippen molar-refractivity contribution in [2.24, 2.45) is 0 Å². The number of nitro benzene ring substituents is 1. The Morgan fingerprint density at radius 3 is 2.83 bits per heavy atom. The summed E-state index contributed by atoms with van der Waals surface area (Å²) in [6.45, 7) is 2.20. The molecule has 0 spiro atoms. The van der Waals surface area contributed by atoms with E-state index in [1.807, 2.05) is 0 Å². The minimum Gasteiger partial charge on any atom is -0.465 e. The predicted molar refractivity (Wildman–Crippen MR) is 80.3 cm³/mol. The smallest absolute Gasteiger partial charge is 0.325 e. The topological polar surface area (TPSA) is 119 Å². The van der Waals surface area contributed by atoms with Crippen LogP contribution >= 0.6 is 0 Å². The average molecular weight is 343 g/mol. The summed E-state index contributed by atoms with van der Waals surface area (Å²) >= 11 is 0. The lowest BCUT2D eigenvalue weighted by Gasteiger charge is -2.33. The number of esters is 1. The summed E-state index contributed by atoms with van der Waals surface area (Å²) in [6, 6.07) is 4.03. The van der Waals surface area contributed by atoms with Gasteiger partial charge in [0.15, 0.2) is 4.90 Å². The van der Waals surface area contributed by atoms with Crippen LogP contribution in [0.3, 0.4) is 0 Å². The van der Waals surface area contributed by atoms with Gasteiger partial charge in [-0.3, -0.25) is 14.9 Å². The Bertz CT molecular complexity index is 705. The molecular weight excluding hydrogens is 326 g/mol. The van der Waals surface area contributed by atoms with Crippen LogP contribution < -0.4 is 5.32 Å². The first kappa shape index (κ1) is 17.3. The molecule has 23 heavy (non-hydrogen) atoms. The van der Waals surface area contributed by atoms with Gasteiger partial charge in [0.1, 0.15) is 6.04 Å². The van der Waals surface area contributed by atoms with Crippen molar-refractivity contribution in [3.05, 3.63) is 34.4 Å². The first-order chi connectivity index (χ1) is 10.9. The molecule has 1 unspecified atom stereocenters. The summed E-state index contributed by atoms with van der Waals surface area (Å²) in [6.07, 6.45) is 0. The molecule has 1 atom stereocenters. The van der Waals surface area contributed by atoms with Gasteiger partial charge in [-0.15, -0.1) is 0 Å². The number of hydrogen-bond acceptors (Lipinski definition) is 7. The van der Waals surface area contributed by atoms with Crippen LogP contribution in [0.2, 0.25) is 0 Å². The van der Waals surface area contributed by atoms with E-state index in [4.69, 9.17) is 4.74 Å². The van der Waals surface area contributed by atoms with E-state index in [2.05, 4.69) is 5.32 Å². The van der Waals surface area contributed by atoms with Gasteiger partial charge in [-0.1, -0.05) is 12.1 Å². The van der Waals surface area contributed by atoms with Crippen LogP contribution in [0.15, 0.2) is 29.2 Å². The van der Waals surface area contributed by atoms with Gasteiger partial charge in [-0.05, 0) is 13.0 Å². The number of carbonyl (C=O) groups is 1. The Morgan fingerprint density at radius 1 is 1.48 bits per heavy atom. The third-order valence-electron chi connectivity index (χ3n) is 3.40. The first-order valence-corrected chi connectivity index (χ1v) is 8.46. The molecular formula is C13H17N3O6S. The van der Waals surface area contributed by atoms with Crippen LogP contribution in [-0.4, -0.2) is 55.9 Å². The van der Waals surface area contributed by atoms with E-state index >= 15 is 0 Å². The van der Waals surface area contributed by atoms with Crippen molar-refractivity contribution in [1.29, 1.82) is 0 Å². The zero-order valence-electron chi connectivity index (χ0n) is 12.5. The lowest BCUT2D eigenvalue weighted by atomic mass is 10.2. The van der Waals surface area contributed by atoms with Gasteiger partial charge in [-0.25, -0.2) is 8.42 Å².